The molecule has 0 saturated carbocycles. The molecular weight excluding hydrogens is 326 g/mol. The van der Waals surface area contributed by atoms with Crippen LogP contribution in [0.4, 0.5) is 0 Å². The Morgan fingerprint density at radius 2 is 2.12 bits per heavy atom. The number of fused-ring (bicyclic) bond motifs is 1. The van der Waals surface area contributed by atoms with Crippen molar-refractivity contribution < 1.29 is 28.3 Å². The van der Waals surface area contributed by atoms with Gasteiger partial charge in [-0.05, 0) is 31.2 Å². The second-order valence-corrected chi connectivity index (χ2v) is 5.58. The molecule has 1 amide bonds. The molecule has 1 aromatic carbocycles. The second kappa shape index (κ2) is 7.12. The Morgan fingerprint density at radius 1 is 1.28 bits per heavy atom. The predicted octanol–water partition coefficient (Wildman–Crippen LogP) is 2.69. The molecule has 2 aromatic heterocycles. The number of nitrogens with one attached hydrogen (secondary N) is 1. The fraction of sp³-hybridized carbons (Fsp3) is 0.222. The molecule has 0 radical (unpaired) electrons. The molecule has 0 unspecified atom stereocenters. The van der Waals surface area contributed by atoms with E-state index < -0.39 is 11.9 Å². The maximum Gasteiger partial charge on any atom is 0.310 e. The van der Waals surface area contributed by atoms with Crippen molar-refractivity contribution in [3.63, 3.8) is 0 Å². The topological polar surface area (TPSA) is 102 Å². The third-order valence-electron chi connectivity index (χ3n) is 3.69. The summed E-state index contributed by atoms with van der Waals surface area (Å²) in [5, 5.41) is 12.8. The number of carbonyl (C=O) groups is 2. The van der Waals surface area contributed by atoms with Gasteiger partial charge in [0.05, 0.1) is 25.0 Å². The van der Waals surface area contributed by atoms with Crippen LogP contribution in [-0.2, 0) is 20.7 Å². The standard InChI is InChI=1S/C18H17NO6/c1-11(15-3-2-6-23-15)19-17(21)10-25-18(22)7-12-9-24-16-8-13(20)4-5-14(12)16/h2-6,8-9,11,20H,7,10H2,1H3,(H,19,21)/t11-/m1/s1. The summed E-state index contributed by atoms with van der Waals surface area (Å²) in [5.41, 5.74) is 1.11. The molecule has 2 N–H and O–H groups in total. The third kappa shape index (κ3) is 4.00. The van der Waals surface area contributed by atoms with Crippen LogP contribution in [-0.4, -0.2) is 23.6 Å². The monoisotopic (exact) mass is 343 g/mol. The lowest BCUT2D eigenvalue weighted by Gasteiger charge is -2.11. The highest BCUT2D eigenvalue weighted by molar-refractivity contribution is 5.87. The molecule has 0 saturated heterocycles. The number of hydrogen-bond donors (Lipinski definition) is 2. The molecule has 0 aliphatic heterocycles. The van der Waals surface area contributed by atoms with Gasteiger partial charge in [0.25, 0.3) is 5.91 Å². The number of esters is 1. The van der Waals surface area contributed by atoms with Crippen molar-refractivity contribution in [3.05, 3.63) is 54.2 Å². The molecule has 3 rings (SSSR count). The van der Waals surface area contributed by atoms with Crippen LogP contribution < -0.4 is 5.32 Å². The van der Waals surface area contributed by atoms with E-state index in [2.05, 4.69) is 5.32 Å². The van der Waals surface area contributed by atoms with Crippen LogP contribution in [0, 0.1) is 0 Å². The van der Waals surface area contributed by atoms with E-state index in [0.717, 1.165) is 0 Å². The van der Waals surface area contributed by atoms with E-state index in [-0.39, 0.29) is 24.8 Å². The average molecular weight is 343 g/mol. The quantitative estimate of drug-likeness (QED) is 0.667. The van der Waals surface area contributed by atoms with Crippen molar-refractivity contribution >= 4 is 22.8 Å². The summed E-state index contributed by atoms with van der Waals surface area (Å²) in [6, 6.07) is 7.80. The van der Waals surface area contributed by atoms with Gasteiger partial charge in [-0.15, -0.1) is 0 Å². The lowest BCUT2D eigenvalue weighted by atomic mass is 10.1. The molecular formula is C18H17NO6. The summed E-state index contributed by atoms with van der Waals surface area (Å²) >= 11 is 0. The molecule has 0 bridgehead atoms. The van der Waals surface area contributed by atoms with Crippen molar-refractivity contribution in [3.8, 4) is 5.75 Å². The van der Waals surface area contributed by atoms with Crippen molar-refractivity contribution in [2.45, 2.75) is 19.4 Å². The Morgan fingerprint density at radius 3 is 2.88 bits per heavy atom. The summed E-state index contributed by atoms with van der Waals surface area (Å²) in [5.74, 6) is -0.262. The highest BCUT2D eigenvalue weighted by atomic mass is 16.5. The first kappa shape index (κ1) is 16.6. The molecule has 0 fully saturated rings. The summed E-state index contributed by atoms with van der Waals surface area (Å²) < 4.78 is 15.5. The van der Waals surface area contributed by atoms with E-state index in [1.807, 2.05) is 0 Å². The predicted molar refractivity (Wildman–Crippen MR) is 87.8 cm³/mol. The lowest BCUT2D eigenvalue weighted by Crippen LogP contribution is -2.31. The van der Waals surface area contributed by atoms with Crippen LogP contribution >= 0.6 is 0 Å². The number of phenolic OH excluding ortho intramolecular Hbond substituents is 1. The van der Waals surface area contributed by atoms with E-state index in [4.69, 9.17) is 13.6 Å². The van der Waals surface area contributed by atoms with Gasteiger partial charge in [-0.2, -0.15) is 0 Å². The van der Waals surface area contributed by atoms with Crippen molar-refractivity contribution in [2.24, 2.45) is 0 Å². The second-order valence-electron chi connectivity index (χ2n) is 5.58. The summed E-state index contributed by atoms with van der Waals surface area (Å²) in [7, 11) is 0. The van der Waals surface area contributed by atoms with Crippen LogP contribution in [0.1, 0.15) is 24.3 Å². The van der Waals surface area contributed by atoms with E-state index in [9.17, 15) is 14.7 Å². The molecule has 7 heteroatoms. The Bertz CT molecular complexity index is 880. The van der Waals surface area contributed by atoms with Gasteiger partial charge in [0.15, 0.2) is 6.61 Å². The van der Waals surface area contributed by atoms with Crippen LogP contribution in [0.25, 0.3) is 11.0 Å². The molecule has 0 aliphatic rings. The molecule has 0 aliphatic carbocycles. The largest absolute Gasteiger partial charge is 0.508 e. The number of amides is 1. The van der Waals surface area contributed by atoms with E-state index in [1.54, 1.807) is 25.1 Å². The Labute approximate surface area is 143 Å². The van der Waals surface area contributed by atoms with Crippen LogP contribution in [0.15, 0.2) is 51.7 Å². The number of aromatic hydroxyl groups is 1. The first-order chi connectivity index (χ1) is 12.0. The van der Waals surface area contributed by atoms with Crippen LogP contribution in [0.3, 0.4) is 0 Å². The number of carbonyl (C=O) groups excluding carboxylic acids is 2. The maximum absolute atomic E-state index is 11.9. The summed E-state index contributed by atoms with van der Waals surface area (Å²) in [6.07, 6.45) is 2.93. The lowest BCUT2D eigenvalue weighted by molar-refractivity contribution is -0.148. The summed E-state index contributed by atoms with van der Waals surface area (Å²) in [6.45, 7) is 1.39. The molecule has 130 valence electrons. The van der Waals surface area contributed by atoms with Crippen molar-refractivity contribution in [1.29, 1.82) is 0 Å². The zero-order valence-corrected chi connectivity index (χ0v) is 13.5. The minimum atomic E-state index is -0.545. The van der Waals surface area contributed by atoms with E-state index in [0.29, 0.717) is 22.3 Å². The van der Waals surface area contributed by atoms with Gasteiger partial charge in [-0.1, -0.05) is 0 Å². The van der Waals surface area contributed by atoms with Gasteiger partial charge >= 0.3 is 5.97 Å². The highest BCUT2D eigenvalue weighted by Crippen LogP contribution is 2.25. The van der Waals surface area contributed by atoms with Crippen LogP contribution in [0.2, 0.25) is 0 Å². The number of hydrogen-bond acceptors (Lipinski definition) is 6. The summed E-state index contributed by atoms with van der Waals surface area (Å²) in [4.78, 5) is 23.8. The number of furan rings is 2. The molecule has 3 aromatic rings. The van der Waals surface area contributed by atoms with Gasteiger partial charge in [0, 0.05) is 17.0 Å². The normalized spacial score (nSPS) is 12.0. The van der Waals surface area contributed by atoms with Gasteiger partial charge < -0.3 is 24.0 Å². The fourth-order valence-corrected chi connectivity index (χ4v) is 2.45. The van der Waals surface area contributed by atoms with E-state index >= 15 is 0 Å². The number of ether oxygens (including phenoxy) is 1. The Balaban J connectivity index is 1.51. The zero-order chi connectivity index (χ0) is 17.8. The Kier molecular flexibility index (Phi) is 4.74. The SMILES string of the molecule is C[C@@H](NC(=O)COC(=O)Cc1coc2cc(O)ccc12)c1ccco1. The number of benzene rings is 1. The molecule has 0 spiro atoms. The minimum Gasteiger partial charge on any atom is -0.508 e. The first-order valence-corrected chi connectivity index (χ1v) is 7.70. The molecule has 7 nitrogen and oxygen atoms in total. The van der Waals surface area contributed by atoms with Gasteiger partial charge in [0.1, 0.15) is 17.1 Å². The highest BCUT2D eigenvalue weighted by Gasteiger charge is 2.15. The smallest absolute Gasteiger partial charge is 0.310 e. The van der Waals surface area contributed by atoms with Gasteiger partial charge in [-0.25, -0.2) is 0 Å². The Hall–Kier alpha value is -3.22. The first-order valence-electron chi connectivity index (χ1n) is 7.70. The fourth-order valence-electron chi connectivity index (χ4n) is 2.45. The molecule has 1 atom stereocenters. The minimum absolute atomic E-state index is 0.0290. The van der Waals surface area contributed by atoms with Gasteiger partial charge in [-0.3, -0.25) is 9.59 Å². The maximum atomic E-state index is 11.9. The third-order valence-corrected chi connectivity index (χ3v) is 3.69. The van der Waals surface area contributed by atoms with E-state index in [1.165, 1.54) is 24.7 Å². The number of rotatable bonds is 6. The van der Waals surface area contributed by atoms with Crippen molar-refractivity contribution in [1.82, 2.24) is 5.32 Å². The average Bonchev–Trinajstić information content (AvgIpc) is 3.23. The molecule has 25 heavy (non-hydrogen) atoms. The number of phenols is 1. The van der Waals surface area contributed by atoms with Crippen molar-refractivity contribution in [2.75, 3.05) is 6.61 Å². The molecule has 2 heterocycles. The zero-order valence-electron chi connectivity index (χ0n) is 13.5. The van der Waals surface area contributed by atoms with Gasteiger partial charge in [0.2, 0.25) is 0 Å². The van der Waals surface area contributed by atoms with Crippen LogP contribution in [0.5, 0.6) is 5.75 Å².